The molecule has 5 nitrogen and oxygen atoms in total. The van der Waals surface area contributed by atoms with E-state index in [-0.39, 0.29) is 12.1 Å². The quantitative estimate of drug-likeness (QED) is 0.388. The van der Waals surface area contributed by atoms with Gasteiger partial charge in [0.1, 0.15) is 5.67 Å². The van der Waals surface area contributed by atoms with Gasteiger partial charge in [0.05, 0.1) is 19.3 Å². The van der Waals surface area contributed by atoms with Gasteiger partial charge < -0.3 is 14.7 Å². The molecular formula is C30H35FN4O. The third kappa shape index (κ3) is 3.69. The van der Waals surface area contributed by atoms with Gasteiger partial charge in [-0.3, -0.25) is 9.80 Å². The summed E-state index contributed by atoms with van der Waals surface area (Å²) in [4.78, 5) is 12.2. The van der Waals surface area contributed by atoms with Crippen LogP contribution in [0.5, 0.6) is 0 Å². The molecule has 2 fully saturated rings. The molecule has 0 unspecified atom stereocenters. The molecule has 0 saturated carbocycles. The summed E-state index contributed by atoms with van der Waals surface area (Å²) in [6.45, 7) is 11.1. The van der Waals surface area contributed by atoms with E-state index in [0.29, 0.717) is 12.0 Å². The zero-order valence-electron chi connectivity index (χ0n) is 21.4. The molecule has 0 amide bonds. The van der Waals surface area contributed by atoms with Gasteiger partial charge in [0, 0.05) is 70.8 Å². The summed E-state index contributed by atoms with van der Waals surface area (Å²) in [6, 6.07) is 17.8. The Morgan fingerprint density at radius 2 is 1.86 bits per heavy atom. The summed E-state index contributed by atoms with van der Waals surface area (Å²) in [7, 11) is 0. The Morgan fingerprint density at radius 3 is 2.61 bits per heavy atom. The Kier molecular flexibility index (Phi) is 4.95. The number of para-hydroxylation sites is 1. The highest BCUT2D eigenvalue weighted by atomic mass is 19.1. The molecule has 3 aliphatic rings. The van der Waals surface area contributed by atoms with Crippen molar-refractivity contribution in [2.24, 2.45) is 5.41 Å². The third-order valence-electron chi connectivity index (χ3n) is 8.42. The molecule has 0 bridgehead atoms. The van der Waals surface area contributed by atoms with Gasteiger partial charge in [-0.2, -0.15) is 0 Å². The smallest absolute Gasteiger partial charge is 0.118 e. The number of nitrogens with one attached hydrogen (secondary N) is 2. The predicted octanol–water partition coefficient (Wildman–Crippen LogP) is 5.57. The molecule has 36 heavy (non-hydrogen) atoms. The highest BCUT2D eigenvalue weighted by Crippen LogP contribution is 2.42. The SMILES string of the molecule is C[C@@H]1Cc2c([nH]c3ccccc23)[C@@H](c2ccc3[nH]c(CN4CC5(COC5)C4)cc3c2)N1CC(C)(C)F. The second-order valence-corrected chi connectivity index (χ2v) is 12.2. The number of nitrogens with zero attached hydrogens (tertiary/aromatic N) is 2. The topological polar surface area (TPSA) is 47.3 Å². The number of H-pyrrole nitrogens is 2. The maximum atomic E-state index is 15.0. The minimum atomic E-state index is -1.28. The number of benzene rings is 2. The standard InChI is InChI=1S/C30H35FN4O/c1-19-10-24-23-6-4-5-7-26(23)33-27(24)28(35(19)14-29(2,3)31)20-8-9-25-21(11-20)12-22(32-25)13-34-15-30(16-34)17-36-18-30/h4-9,11-12,19,28,32-33H,10,13-18H2,1-3H3/t19-,28-/m1/s1. The zero-order chi connectivity index (χ0) is 24.7. The summed E-state index contributed by atoms with van der Waals surface area (Å²) < 4.78 is 20.5. The lowest BCUT2D eigenvalue weighted by Gasteiger charge is -2.55. The minimum Gasteiger partial charge on any atom is -0.380 e. The lowest BCUT2D eigenvalue weighted by atomic mass is 9.78. The van der Waals surface area contributed by atoms with Crippen LogP contribution in [0.2, 0.25) is 0 Å². The molecule has 188 valence electrons. The first-order chi connectivity index (χ1) is 17.3. The molecule has 0 aliphatic carbocycles. The maximum Gasteiger partial charge on any atom is 0.118 e. The zero-order valence-corrected chi connectivity index (χ0v) is 21.4. The number of aromatic nitrogens is 2. The molecule has 4 aromatic rings. The maximum absolute atomic E-state index is 15.0. The van der Waals surface area contributed by atoms with Gasteiger partial charge >= 0.3 is 0 Å². The Morgan fingerprint density at radius 1 is 1.06 bits per heavy atom. The van der Waals surface area contributed by atoms with E-state index in [1.807, 2.05) is 0 Å². The highest BCUT2D eigenvalue weighted by Gasteiger charge is 2.48. The molecule has 1 spiro atoms. The van der Waals surface area contributed by atoms with Crippen molar-refractivity contribution in [2.75, 3.05) is 32.8 Å². The number of hydrogen-bond acceptors (Lipinski definition) is 3. The molecule has 0 radical (unpaired) electrons. The van der Waals surface area contributed by atoms with E-state index in [1.165, 1.54) is 33.3 Å². The summed E-state index contributed by atoms with van der Waals surface area (Å²) >= 11 is 0. The largest absolute Gasteiger partial charge is 0.380 e. The van der Waals surface area contributed by atoms with Crippen molar-refractivity contribution >= 4 is 21.8 Å². The fourth-order valence-corrected chi connectivity index (χ4v) is 6.84. The van der Waals surface area contributed by atoms with Crippen LogP contribution in [-0.4, -0.2) is 64.3 Å². The second-order valence-electron chi connectivity index (χ2n) is 12.2. The summed E-state index contributed by atoms with van der Waals surface area (Å²) in [5, 5.41) is 2.51. The van der Waals surface area contributed by atoms with Crippen molar-refractivity contribution in [3.05, 3.63) is 71.0 Å². The van der Waals surface area contributed by atoms with Gasteiger partial charge in [-0.15, -0.1) is 0 Å². The van der Waals surface area contributed by atoms with Crippen LogP contribution in [0.3, 0.4) is 0 Å². The fraction of sp³-hybridized carbons (Fsp3) is 0.467. The summed E-state index contributed by atoms with van der Waals surface area (Å²) in [5.74, 6) is 0. The number of likely N-dealkylation sites (tertiary alicyclic amines) is 1. The number of halogens is 1. The second kappa shape index (κ2) is 7.91. The van der Waals surface area contributed by atoms with E-state index in [1.54, 1.807) is 13.8 Å². The van der Waals surface area contributed by atoms with E-state index < -0.39 is 5.67 Å². The molecule has 2 atom stereocenters. The summed E-state index contributed by atoms with van der Waals surface area (Å²) in [5.41, 5.74) is 6.53. The first-order valence-corrected chi connectivity index (χ1v) is 13.2. The van der Waals surface area contributed by atoms with Crippen LogP contribution in [-0.2, 0) is 17.7 Å². The van der Waals surface area contributed by atoms with Crippen LogP contribution in [0.25, 0.3) is 21.8 Å². The Labute approximate surface area is 211 Å². The number of hydrogen-bond donors (Lipinski definition) is 2. The van der Waals surface area contributed by atoms with Crippen molar-refractivity contribution in [1.82, 2.24) is 19.8 Å². The molecule has 2 saturated heterocycles. The number of alkyl halides is 1. The van der Waals surface area contributed by atoms with Crippen LogP contribution in [0.15, 0.2) is 48.5 Å². The summed E-state index contributed by atoms with van der Waals surface area (Å²) in [6.07, 6.45) is 0.921. The molecule has 2 aromatic carbocycles. The fourth-order valence-electron chi connectivity index (χ4n) is 6.84. The van der Waals surface area contributed by atoms with Crippen molar-refractivity contribution in [2.45, 2.75) is 51.5 Å². The number of rotatable bonds is 5. The molecular weight excluding hydrogens is 451 g/mol. The van der Waals surface area contributed by atoms with Crippen LogP contribution in [0, 0.1) is 5.41 Å². The average Bonchev–Trinajstić information content (AvgIpc) is 3.34. The van der Waals surface area contributed by atoms with Gasteiger partial charge in [-0.05, 0) is 62.6 Å². The number of fused-ring (bicyclic) bond motifs is 4. The molecule has 2 N–H and O–H groups in total. The van der Waals surface area contributed by atoms with Crippen LogP contribution in [0.1, 0.15) is 49.3 Å². The molecule has 7 rings (SSSR count). The van der Waals surface area contributed by atoms with Gasteiger partial charge in [0.15, 0.2) is 0 Å². The highest BCUT2D eigenvalue weighted by molar-refractivity contribution is 5.86. The van der Waals surface area contributed by atoms with E-state index in [9.17, 15) is 0 Å². The lowest BCUT2D eigenvalue weighted by molar-refractivity contribution is -0.191. The minimum absolute atomic E-state index is 0.0113. The van der Waals surface area contributed by atoms with Crippen molar-refractivity contribution in [3.8, 4) is 0 Å². The third-order valence-corrected chi connectivity index (χ3v) is 8.42. The molecule has 6 heteroatoms. The number of ether oxygens (including phenoxy) is 1. The number of aromatic amines is 2. The Bertz CT molecular complexity index is 1430. The van der Waals surface area contributed by atoms with E-state index in [0.717, 1.165) is 50.3 Å². The van der Waals surface area contributed by atoms with Gasteiger partial charge in [-0.1, -0.05) is 24.3 Å². The average molecular weight is 487 g/mol. The van der Waals surface area contributed by atoms with Crippen molar-refractivity contribution in [3.63, 3.8) is 0 Å². The predicted molar refractivity (Wildman–Crippen MR) is 142 cm³/mol. The Hall–Kier alpha value is -2.67. The first-order valence-electron chi connectivity index (χ1n) is 13.2. The van der Waals surface area contributed by atoms with Crippen LogP contribution >= 0.6 is 0 Å². The van der Waals surface area contributed by atoms with Gasteiger partial charge in [0.2, 0.25) is 0 Å². The monoisotopic (exact) mass is 486 g/mol. The molecule has 5 heterocycles. The molecule has 2 aromatic heterocycles. The van der Waals surface area contributed by atoms with Crippen LogP contribution < -0.4 is 0 Å². The van der Waals surface area contributed by atoms with Gasteiger partial charge in [0.25, 0.3) is 0 Å². The first kappa shape index (κ1) is 22.5. The Balaban J connectivity index is 1.25. The van der Waals surface area contributed by atoms with E-state index in [4.69, 9.17) is 4.74 Å². The molecule has 3 aliphatic heterocycles. The van der Waals surface area contributed by atoms with Gasteiger partial charge in [-0.25, -0.2) is 4.39 Å². The van der Waals surface area contributed by atoms with Crippen molar-refractivity contribution < 1.29 is 9.13 Å². The lowest BCUT2D eigenvalue weighted by Crippen LogP contribution is -2.65. The van der Waals surface area contributed by atoms with E-state index >= 15 is 4.39 Å². The van der Waals surface area contributed by atoms with E-state index in [2.05, 4.69) is 75.2 Å². The van der Waals surface area contributed by atoms with Crippen molar-refractivity contribution in [1.29, 1.82) is 0 Å². The van der Waals surface area contributed by atoms with Crippen LogP contribution in [0.4, 0.5) is 4.39 Å². The normalized spacial score (nSPS) is 24.2.